The molecule has 0 aliphatic heterocycles. The summed E-state index contributed by atoms with van der Waals surface area (Å²) in [6.45, 7) is 2.37. The number of hydrogen-bond acceptors (Lipinski definition) is 3. The topological polar surface area (TPSA) is 70.6 Å². The van der Waals surface area contributed by atoms with Crippen LogP contribution in [-0.2, 0) is 9.59 Å². The third-order valence-corrected chi connectivity index (χ3v) is 2.24. The van der Waals surface area contributed by atoms with Crippen molar-refractivity contribution in [1.29, 1.82) is 0 Å². The van der Waals surface area contributed by atoms with Crippen LogP contribution < -0.4 is 10.7 Å². The highest BCUT2D eigenvalue weighted by Crippen LogP contribution is 2.07. The first-order valence-electron chi connectivity index (χ1n) is 5.50. The van der Waals surface area contributed by atoms with Crippen molar-refractivity contribution in [3.8, 4) is 0 Å². The van der Waals surface area contributed by atoms with E-state index < -0.39 is 11.8 Å². The fourth-order valence-electron chi connectivity index (χ4n) is 1.08. The molecule has 0 heterocycles. The minimum Gasteiger partial charge on any atom is -0.348 e. The molecule has 2 amide bonds. The van der Waals surface area contributed by atoms with Gasteiger partial charge in [0.25, 0.3) is 0 Å². The standard InChI is InChI=1S/C12H14ClN3O2/c1-2-7-14-11(17)12(18)16-15-8-9-3-5-10(13)6-4-9/h3-6,8H,2,7H2,1H3,(H,14,17)(H,16,18). The van der Waals surface area contributed by atoms with Gasteiger partial charge in [0.15, 0.2) is 0 Å². The van der Waals surface area contributed by atoms with Gasteiger partial charge in [-0.05, 0) is 24.1 Å². The van der Waals surface area contributed by atoms with E-state index in [-0.39, 0.29) is 0 Å². The lowest BCUT2D eigenvalue weighted by Crippen LogP contribution is -2.38. The molecular formula is C12H14ClN3O2. The maximum atomic E-state index is 11.2. The van der Waals surface area contributed by atoms with Crippen LogP contribution in [0.3, 0.4) is 0 Å². The summed E-state index contributed by atoms with van der Waals surface area (Å²) in [6, 6.07) is 6.90. The highest BCUT2D eigenvalue weighted by molar-refractivity contribution is 6.35. The largest absolute Gasteiger partial charge is 0.348 e. The van der Waals surface area contributed by atoms with E-state index in [2.05, 4.69) is 15.8 Å². The molecule has 0 aromatic heterocycles. The van der Waals surface area contributed by atoms with Crippen LogP contribution in [-0.4, -0.2) is 24.6 Å². The number of amides is 2. The summed E-state index contributed by atoms with van der Waals surface area (Å²) in [5, 5.41) is 6.74. The third-order valence-electron chi connectivity index (χ3n) is 1.99. The van der Waals surface area contributed by atoms with Crippen LogP contribution in [0.1, 0.15) is 18.9 Å². The summed E-state index contributed by atoms with van der Waals surface area (Å²) in [5.74, 6) is -1.47. The molecule has 0 fully saturated rings. The minimum absolute atomic E-state index is 0.465. The predicted octanol–water partition coefficient (Wildman–Crippen LogP) is 1.32. The Morgan fingerprint density at radius 3 is 2.56 bits per heavy atom. The van der Waals surface area contributed by atoms with Gasteiger partial charge in [0.05, 0.1) is 6.21 Å². The number of carbonyl (C=O) groups is 2. The first-order chi connectivity index (χ1) is 8.63. The molecule has 0 unspecified atom stereocenters. The van der Waals surface area contributed by atoms with Crippen LogP contribution in [0.15, 0.2) is 29.4 Å². The normalized spacial score (nSPS) is 10.3. The van der Waals surface area contributed by atoms with Crippen molar-refractivity contribution in [2.75, 3.05) is 6.54 Å². The predicted molar refractivity (Wildman–Crippen MR) is 70.5 cm³/mol. The van der Waals surface area contributed by atoms with Gasteiger partial charge in [-0.3, -0.25) is 9.59 Å². The van der Waals surface area contributed by atoms with Gasteiger partial charge >= 0.3 is 11.8 Å². The number of halogens is 1. The monoisotopic (exact) mass is 267 g/mol. The van der Waals surface area contributed by atoms with Gasteiger partial charge in [-0.2, -0.15) is 5.10 Å². The van der Waals surface area contributed by atoms with E-state index in [9.17, 15) is 9.59 Å². The van der Waals surface area contributed by atoms with Gasteiger partial charge in [-0.25, -0.2) is 5.43 Å². The number of hydrazone groups is 1. The van der Waals surface area contributed by atoms with Crippen LogP contribution in [0.25, 0.3) is 0 Å². The van der Waals surface area contributed by atoms with Gasteiger partial charge in [0.1, 0.15) is 0 Å². The maximum absolute atomic E-state index is 11.2. The second-order valence-electron chi connectivity index (χ2n) is 3.51. The zero-order valence-electron chi connectivity index (χ0n) is 9.94. The molecule has 0 spiro atoms. The van der Waals surface area contributed by atoms with Crippen LogP contribution in [0.2, 0.25) is 5.02 Å². The Morgan fingerprint density at radius 2 is 1.94 bits per heavy atom. The second-order valence-corrected chi connectivity index (χ2v) is 3.94. The molecule has 96 valence electrons. The van der Waals surface area contributed by atoms with Crippen molar-refractivity contribution in [2.24, 2.45) is 5.10 Å². The minimum atomic E-state index is -0.784. The maximum Gasteiger partial charge on any atom is 0.329 e. The van der Waals surface area contributed by atoms with E-state index in [0.717, 1.165) is 12.0 Å². The number of carbonyl (C=O) groups excluding carboxylic acids is 2. The van der Waals surface area contributed by atoms with Gasteiger partial charge < -0.3 is 5.32 Å². The highest BCUT2D eigenvalue weighted by Gasteiger charge is 2.10. The smallest absolute Gasteiger partial charge is 0.329 e. The van der Waals surface area contributed by atoms with E-state index in [1.54, 1.807) is 24.3 Å². The van der Waals surface area contributed by atoms with Gasteiger partial charge in [-0.1, -0.05) is 30.7 Å². The van der Waals surface area contributed by atoms with E-state index in [1.807, 2.05) is 6.92 Å². The van der Waals surface area contributed by atoms with Crippen molar-refractivity contribution >= 4 is 29.6 Å². The Balaban J connectivity index is 2.42. The molecule has 0 aliphatic rings. The first kappa shape index (κ1) is 14.2. The van der Waals surface area contributed by atoms with E-state index >= 15 is 0 Å². The fourth-order valence-corrected chi connectivity index (χ4v) is 1.21. The molecule has 5 nitrogen and oxygen atoms in total. The molecule has 0 saturated heterocycles. The third kappa shape index (κ3) is 4.97. The quantitative estimate of drug-likeness (QED) is 0.491. The van der Waals surface area contributed by atoms with Crippen LogP contribution in [0.4, 0.5) is 0 Å². The summed E-state index contributed by atoms with van der Waals surface area (Å²) in [7, 11) is 0. The van der Waals surface area contributed by atoms with Gasteiger partial charge in [0, 0.05) is 11.6 Å². The number of rotatable bonds is 4. The molecule has 0 saturated carbocycles. The van der Waals surface area contributed by atoms with Crippen molar-refractivity contribution in [2.45, 2.75) is 13.3 Å². The van der Waals surface area contributed by atoms with E-state index in [0.29, 0.717) is 11.6 Å². The van der Waals surface area contributed by atoms with Crippen LogP contribution >= 0.6 is 11.6 Å². The summed E-state index contributed by atoms with van der Waals surface area (Å²) in [5.41, 5.74) is 2.91. The highest BCUT2D eigenvalue weighted by atomic mass is 35.5. The Labute approximate surface area is 110 Å². The Hall–Kier alpha value is -1.88. The first-order valence-corrected chi connectivity index (χ1v) is 5.88. The van der Waals surface area contributed by atoms with E-state index in [1.165, 1.54) is 6.21 Å². The summed E-state index contributed by atoms with van der Waals surface area (Å²) >= 11 is 5.72. The molecule has 2 N–H and O–H groups in total. The number of nitrogens with one attached hydrogen (secondary N) is 2. The fraction of sp³-hybridized carbons (Fsp3) is 0.250. The van der Waals surface area contributed by atoms with E-state index in [4.69, 9.17) is 11.6 Å². The van der Waals surface area contributed by atoms with Gasteiger partial charge in [-0.15, -0.1) is 0 Å². The summed E-state index contributed by atoms with van der Waals surface area (Å²) < 4.78 is 0. The lowest BCUT2D eigenvalue weighted by atomic mass is 10.2. The lowest BCUT2D eigenvalue weighted by molar-refractivity contribution is -0.139. The molecule has 0 radical (unpaired) electrons. The molecule has 0 bridgehead atoms. The molecular weight excluding hydrogens is 254 g/mol. The molecule has 18 heavy (non-hydrogen) atoms. The van der Waals surface area contributed by atoms with Crippen molar-refractivity contribution < 1.29 is 9.59 Å². The van der Waals surface area contributed by atoms with Crippen molar-refractivity contribution in [1.82, 2.24) is 10.7 Å². The average Bonchev–Trinajstić information content (AvgIpc) is 2.38. The Kier molecular flexibility index (Phi) is 5.87. The average molecular weight is 268 g/mol. The van der Waals surface area contributed by atoms with Crippen LogP contribution in [0, 0.1) is 0 Å². The summed E-state index contributed by atoms with van der Waals surface area (Å²) in [4.78, 5) is 22.4. The molecule has 1 rings (SSSR count). The molecule has 1 aromatic rings. The molecule has 0 atom stereocenters. The molecule has 6 heteroatoms. The number of hydrogen-bond donors (Lipinski definition) is 2. The molecule has 1 aromatic carbocycles. The number of nitrogens with zero attached hydrogens (tertiary/aromatic N) is 1. The lowest BCUT2D eigenvalue weighted by Gasteiger charge is -2.00. The second kappa shape index (κ2) is 7.45. The SMILES string of the molecule is CCCNC(=O)C(=O)NN=Cc1ccc(Cl)cc1. The van der Waals surface area contributed by atoms with Crippen LogP contribution in [0.5, 0.6) is 0 Å². The Bertz CT molecular complexity index is 443. The van der Waals surface area contributed by atoms with Gasteiger partial charge in [0.2, 0.25) is 0 Å². The Morgan fingerprint density at radius 1 is 1.28 bits per heavy atom. The zero-order valence-corrected chi connectivity index (χ0v) is 10.7. The molecule has 0 aliphatic carbocycles. The summed E-state index contributed by atoms with van der Waals surface area (Å²) in [6.07, 6.45) is 2.20. The van der Waals surface area contributed by atoms with Crippen molar-refractivity contribution in [3.05, 3.63) is 34.9 Å². The van der Waals surface area contributed by atoms with Crippen molar-refractivity contribution in [3.63, 3.8) is 0 Å². The number of benzene rings is 1. The zero-order chi connectivity index (χ0) is 13.4.